The largest absolute Gasteiger partial charge is 0.497 e. The number of esters is 1. The van der Waals surface area contributed by atoms with E-state index >= 15 is 0 Å². The third-order valence-corrected chi connectivity index (χ3v) is 5.58. The topological polar surface area (TPSA) is 66.2 Å². The molecule has 0 spiro atoms. The van der Waals surface area contributed by atoms with Crippen LogP contribution in [0.1, 0.15) is 12.0 Å². The zero-order valence-corrected chi connectivity index (χ0v) is 15.9. The van der Waals surface area contributed by atoms with Gasteiger partial charge in [0.05, 0.1) is 13.7 Å². The lowest BCUT2D eigenvalue weighted by atomic mass is 10.2. The number of methoxy groups -OCH3 is 1. The second-order valence-corrected chi connectivity index (χ2v) is 7.44. The van der Waals surface area contributed by atoms with Crippen LogP contribution in [0.2, 0.25) is 0 Å². The first-order valence-corrected chi connectivity index (χ1v) is 9.54. The number of aromatic nitrogens is 3. The average Bonchev–Trinajstić information content (AvgIpc) is 3.29. The molecule has 7 heteroatoms. The Kier molecular flexibility index (Phi) is 4.85. The Hall–Kier alpha value is -2.80. The van der Waals surface area contributed by atoms with Gasteiger partial charge in [0.1, 0.15) is 11.0 Å². The molecule has 0 aliphatic carbocycles. The predicted octanol–water partition coefficient (Wildman–Crippen LogP) is 3.66. The Morgan fingerprint density at radius 3 is 2.70 bits per heavy atom. The fraction of sp³-hybridized carbons (Fsp3) is 0.250. The molecule has 1 fully saturated rings. The molecule has 2 aromatic carbocycles. The first-order valence-electron chi connectivity index (χ1n) is 8.66. The summed E-state index contributed by atoms with van der Waals surface area (Å²) in [5, 5.41) is 9.20. The number of hydrogen-bond acceptors (Lipinski definition) is 6. The van der Waals surface area contributed by atoms with Crippen molar-refractivity contribution in [3.63, 3.8) is 0 Å². The van der Waals surface area contributed by atoms with Gasteiger partial charge in [-0.25, -0.2) is 0 Å². The molecule has 0 saturated carbocycles. The maximum Gasteiger partial charge on any atom is 0.319 e. The van der Waals surface area contributed by atoms with E-state index in [1.807, 2.05) is 60.0 Å². The second-order valence-electron chi connectivity index (χ2n) is 6.27. The number of ether oxygens (including phenoxy) is 2. The lowest BCUT2D eigenvalue weighted by molar-refractivity contribution is -0.137. The van der Waals surface area contributed by atoms with Crippen molar-refractivity contribution in [2.24, 2.45) is 0 Å². The molecule has 2 heterocycles. The number of carbonyl (C=O) groups is 1. The highest BCUT2D eigenvalue weighted by atomic mass is 32.2. The summed E-state index contributed by atoms with van der Waals surface area (Å²) in [5.41, 5.74) is 3.00. The van der Waals surface area contributed by atoms with Crippen molar-refractivity contribution in [1.29, 1.82) is 0 Å². The third-order valence-electron chi connectivity index (χ3n) is 4.39. The highest BCUT2D eigenvalue weighted by molar-refractivity contribution is 8.00. The normalized spacial score (nSPS) is 16.4. The SMILES string of the molecule is COc1cccc(-c2nnc(SC3CCOC3=O)n2-c2ccc(C)cc2)c1. The van der Waals surface area contributed by atoms with Crippen molar-refractivity contribution < 1.29 is 14.3 Å². The van der Waals surface area contributed by atoms with Crippen molar-refractivity contribution in [3.8, 4) is 22.8 Å². The molecule has 27 heavy (non-hydrogen) atoms. The lowest BCUT2D eigenvalue weighted by Gasteiger charge is -2.12. The fourth-order valence-corrected chi connectivity index (χ4v) is 3.95. The van der Waals surface area contributed by atoms with Crippen LogP contribution >= 0.6 is 11.8 Å². The molecule has 0 N–H and O–H groups in total. The molecule has 4 rings (SSSR count). The Bertz CT molecular complexity index is 969. The highest BCUT2D eigenvalue weighted by Gasteiger charge is 2.30. The van der Waals surface area contributed by atoms with Crippen molar-refractivity contribution in [1.82, 2.24) is 14.8 Å². The molecule has 1 aromatic heterocycles. The number of hydrogen-bond donors (Lipinski definition) is 0. The van der Waals surface area contributed by atoms with E-state index in [-0.39, 0.29) is 11.2 Å². The Balaban J connectivity index is 1.81. The molecular formula is C20H19N3O3S. The van der Waals surface area contributed by atoms with E-state index in [2.05, 4.69) is 10.2 Å². The van der Waals surface area contributed by atoms with E-state index in [1.165, 1.54) is 17.3 Å². The summed E-state index contributed by atoms with van der Waals surface area (Å²) in [6.45, 7) is 2.50. The Morgan fingerprint density at radius 1 is 1.19 bits per heavy atom. The number of thioether (sulfide) groups is 1. The number of aryl methyl sites for hydroxylation is 1. The van der Waals surface area contributed by atoms with E-state index in [9.17, 15) is 4.79 Å². The smallest absolute Gasteiger partial charge is 0.319 e. The molecule has 0 radical (unpaired) electrons. The molecule has 6 nitrogen and oxygen atoms in total. The summed E-state index contributed by atoms with van der Waals surface area (Å²) in [6.07, 6.45) is 0.679. The quantitative estimate of drug-likeness (QED) is 0.629. The molecule has 1 saturated heterocycles. The molecule has 0 bridgehead atoms. The van der Waals surface area contributed by atoms with Gasteiger partial charge in [0.2, 0.25) is 0 Å². The van der Waals surface area contributed by atoms with Crippen LogP contribution in [0.5, 0.6) is 5.75 Å². The van der Waals surface area contributed by atoms with Crippen LogP contribution in [0.15, 0.2) is 53.7 Å². The maximum absolute atomic E-state index is 11.9. The third kappa shape index (κ3) is 3.55. The van der Waals surface area contributed by atoms with Crippen LogP contribution < -0.4 is 4.74 Å². The standard InChI is InChI=1S/C20H19N3O3S/c1-13-6-8-15(9-7-13)23-18(14-4-3-5-16(12-14)25-2)21-22-20(23)27-17-10-11-26-19(17)24/h3-9,12,17H,10-11H2,1-2H3. The van der Waals surface area contributed by atoms with Gasteiger partial charge in [-0.3, -0.25) is 9.36 Å². The molecule has 3 aromatic rings. The number of rotatable bonds is 5. The Morgan fingerprint density at radius 2 is 2.00 bits per heavy atom. The lowest BCUT2D eigenvalue weighted by Crippen LogP contribution is -2.11. The second kappa shape index (κ2) is 7.44. The van der Waals surface area contributed by atoms with Gasteiger partial charge >= 0.3 is 5.97 Å². The van der Waals surface area contributed by atoms with E-state index in [0.717, 1.165) is 17.0 Å². The maximum atomic E-state index is 11.9. The van der Waals surface area contributed by atoms with Crippen molar-refractivity contribution >= 4 is 17.7 Å². The summed E-state index contributed by atoms with van der Waals surface area (Å²) in [6, 6.07) is 15.8. The van der Waals surface area contributed by atoms with Gasteiger partial charge in [0.15, 0.2) is 11.0 Å². The number of benzene rings is 2. The minimum atomic E-state index is -0.253. The zero-order chi connectivity index (χ0) is 18.8. The van der Waals surface area contributed by atoms with Gasteiger partial charge in [-0.1, -0.05) is 41.6 Å². The van der Waals surface area contributed by atoms with Crippen molar-refractivity contribution in [3.05, 3.63) is 54.1 Å². The van der Waals surface area contributed by atoms with Gasteiger partial charge in [-0.2, -0.15) is 0 Å². The first-order chi connectivity index (χ1) is 13.2. The number of cyclic esters (lactones) is 1. The zero-order valence-electron chi connectivity index (χ0n) is 15.1. The van der Waals surface area contributed by atoms with E-state index in [4.69, 9.17) is 9.47 Å². The van der Waals surface area contributed by atoms with Crippen LogP contribution in [0.3, 0.4) is 0 Å². The van der Waals surface area contributed by atoms with Gasteiger partial charge in [-0.15, -0.1) is 10.2 Å². The van der Waals surface area contributed by atoms with Crippen LogP contribution in [0.25, 0.3) is 17.1 Å². The number of nitrogens with zero attached hydrogens (tertiary/aromatic N) is 3. The van der Waals surface area contributed by atoms with Crippen LogP contribution in [-0.4, -0.2) is 39.7 Å². The van der Waals surface area contributed by atoms with Crippen molar-refractivity contribution in [2.75, 3.05) is 13.7 Å². The Labute approximate surface area is 161 Å². The molecule has 1 aliphatic heterocycles. The molecule has 1 unspecified atom stereocenters. The molecule has 138 valence electrons. The predicted molar refractivity (Wildman–Crippen MR) is 103 cm³/mol. The van der Waals surface area contributed by atoms with Gasteiger partial charge in [0, 0.05) is 17.7 Å². The fourth-order valence-electron chi connectivity index (χ4n) is 2.93. The summed E-state index contributed by atoms with van der Waals surface area (Å²) < 4.78 is 12.4. The highest BCUT2D eigenvalue weighted by Crippen LogP contribution is 2.34. The summed E-state index contributed by atoms with van der Waals surface area (Å²) >= 11 is 1.39. The monoisotopic (exact) mass is 381 g/mol. The minimum absolute atomic E-state index is 0.193. The van der Waals surface area contributed by atoms with Crippen LogP contribution in [-0.2, 0) is 9.53 Å². The van der Waals surface area contributed by atoms with E-state index in [1.54, 1.807) is 7.11 Å². The van der Waals surface area contributed by atoms with Crippen molar-refractivity contribution in [2.45, 2.75) is 23.8 Å². The molecule has 0 amide bonds. The molecule has 1 atom stereocenters. The van der Waals surface area contributed by atoms with Gasteiger partial charge in [0.25, 0.3) is 0 Å². The average molecular weight is 381 g/mol. The number of carbonyl (C=O) groups excluding carboxylic acids is 1. The minimum Gasteiger partial charge on any atom is -0.497 e. The summed E-state index contributed by atoms with van der Waals surface area (Å²) in [5.74, 6) is 1.26. The van der Waals surface area contributed by atoms with E-state index < -0.39 is 0 Å². The first kappa shape index (κ1) is 17.6. The summed E-state index contributed by atoms with van der Waals surface area (Å²) in [7, 11) is 1.64. The van der Waals surface area contributed by atoms with E-state index in [0.29, 0.717) is 24.0 Å². The van der Waals surface area contributed by atoms with Gasteiger partial charge < -0.3 is 9.47 Å². The van der Waals surface area contributed by atoms with Crippen LogP contribution in [0.4, 0.5) is 0 Å². The molecular weight excluding hydrogens is 362 g/mol. The van der Waals surface area contributed by atoms with Gasteiger partial charge in [-0.05, 0) is 31.2 Å². The van der Waals surface area contributed by atoms with Crippen LogP contribution in [0, 0.1) is 6.92 Å². The molecule has 1 aliphatic rings. The summed E-state index contributed by atoms with van der Waals surface area (Å²) in [4.78, 5) is 11.9.